The Morgan fingerprint density at radius 1 is 1.35 bits per heavy atom. The second-order valence-electron chi connectivity index (χ2n) is 3.80. The van der Waals surface area contributed by atoms with E-state index in [2.05, 4.69) is 5.10 Å². The van der Waals surface area contributed by atoms with Gasteiger partial charge in [-0.3, -0.25) is 9.59 Å². The molecule has 0 fully saturated rings. The molecule has 2 aromatic rings. The number of hydrogen-bond donors (Lipinski definition) is 0. The molecule has 0 saturated carbocycles. The first-order chi connectivity index (χ1) is 8.02. The Hall–Kier alpha value is -2.17. The van der Waals surface area contributed by atoms with Crippen LogP contribution in [-0.2, 0) is 0 Å². The van der Waals surface area contributed by atoms with Gasteiger partial charge in [-0.15, -0.1) is 0 Å². The number of carbonyl (C=O) groups excluding carboxylic acids is 2. The van der Waals surface area contributed by atoms with Crippen molar-refractivity contribution in [2.45, 2.75) is 20.8 Å². The maximum Gasteiger partial charge on any atom is 0.314 e. The summed E-state index contributed by atoms with van der Waals surface area (Å²) in [6.07, 6.45) is 1.42. The van der Waals surface area contributed by atoms with E-state index in [1.807, 2.05) is 0 Å². The highest BCUT2D eigenvalue weighted by Gasteiger charge is 2.21. The van der Waals surface area contributed by atoms with Gasteiger partial charge >= 0.3 is 5.91 Å². The minimum Gasteiger partial charge on any atom is -0.459 e. The molecule has 2 heterocycles. The molecule has 0 bridgehead atoms. The molecular formula is C12H12N2O3. The molecule has 2 aromatic heterocycles. The first-order valence-electron chi connectivity index (χ1n) is 5.17. The fourth-order valence-corrected chi connectivity index (χ4v) is 1.85. The summed E-state index contributed by atoms with van der Waals surface area (Å²) < 4.78 is 6.22. The van der Waals surface area contributed by atoms with E-state index in [1.54, 1.807) is 26.0 Å². The van der Waals surface area contributed by atoms with Crippen molar-refractivity contribution in [2.24, 2.45) is 0 Å². The summed E-state index contributed by atoms with van der Waals surface area (Å²) >= 11 is 0. The molecule has 5 heteroatoms. The highest BCUT2D eigenvalue weighted by Crippen LogP contribution is 2.15. The van der Waals surface area contributed by atoms with Gasteiger partial charge in [0.15, 0.2) is 11.5 Å². The average molecular weight is 232 g/mol. The molecule has 2 rings (SSSR count). The Morgan fingerprint density at radius 3 is 2.53 bits per heavy atom. The standard InChI is InChI=1S/C12H12N2O3/c1-7-11(9(3)15)8(2)14(13-7)12(16)10-5-4-6-17-10/h4-6H,1-3H3. The van der Waals surface area contributed by atoms with E-state index in [-0.39, 0.29) is 17.5 Å². The van der Waals surface area contributed by atoms with E-state index in [9.17, 15) is 9.59 Å². The first kappa shape index (κ1) is 11.3. The largest absolute Gasteiger partial charge is 0.459 e. The average Bonchev–Trinajstić information content (AvgIpc) is 2.85. The number of ketones is 1. The van der Waals surface area contributed by atoms with E-state index >= 15 is 0 Å². The van der Waals surface area contributed by atoms with Gasteiger partial charge in [-0.1, -0.05) is 0 Å². The van der Waals surface area contributed by atoms with E-state index < -0.39 is 0 Å². The predicted octanol–water partition coefficient (Wildman–Crippen LogP) is 1.98. The van der Waals surface area contributed by atoms with Crippen LogP contribution in [0.5, 0.6) is 0 Å². The first-order valence-corrected chi connectivity index (χ1v) is 5.17. The number of aromatic nitrogens is 2. The third kappa shape index (κ3) is 1.80. The normalized spacial score (nSPS) is 10.5. The molecule has 0 N–H and O–H groups in total. The van der Waals surface area contributed by atoms with E-state index in [1.165, 1.54) is 17.9 Å². The van der Waals surface area contributed by atoms with Crippen molar-refractivity contribution in [3.63, 3.8) is 0 Å². The van der Waals surface area contributed by atoms with Crippen molar-refractivity contribution < 1.29 is 14.0 Å². The molecule has 0 aliphatic heterocycles. The minimum absolute atomic E-state index is 0.0986. The van der Waals surface area contributed by atoms with Crippen LogP contribution < -0.4 is 0 Å². The van der Waals surface area contributed by atoms with Gasteiger partial charge in [0, 0.05) is 0 Å². The van der Waals surface area contributed by atoms with Crippen LogP contribution in [0.15, 0.2) is 22.8 Å². The molecule has 0 aliphatic rings. The number of furan rings is 1. The zero-order valence-corrected chi connectivity index (χ0v) is 9.85. The smallest absolute Gasteiger partial charge is 0.314 e. The van der Waals surface area contributed by atoms with Gasteiger partial charge in [-0.25, -0.2) is 0 Å². The molecule has 0 amide bonds. The SMILES string of the molecule is CC(=O)c1c(C)nn(C(=O)c2ccco2)c1C. The minimum atomic E-state index is -0.372. The topological polar surface area (TPSA) is 65.1 Å². The van der Waals surface area contributed by atoms with E-state index in [0.717, 1.165) is 0 Å². The third-order valence-corrected chi connectivity index (χ3v) is 2.57. The van der Waals surface area contributed by atoms with Crippen LogP contribution in [0.3, 0.4) is 0 Å². The molecular weight excluding hydrogens is 220 g/mol. The molecule has 0 aliphatic carbocycles. The van der Waals surface area contributed by atoms with Crippen molar-refractivity contribution in [1.29, 1.82) is 0 Å². The summed E-state index contributed by atoms with van der Waals surface area (Å²) in [6, 6.07) is 3.19. The Morgan fingerprint density at radius 2 is 2.06 bits per heavy atom. The van der Waals surface area contributed by atoms with Crippen LogP contribution in [0.2, 0.25) is 0 Å². The molecule has 0 spiro atoms. The van der Waals surface area contributed by atoms with Gasteiger partial charge in [0.1, 0.15) is 0 Å². The lowest BCUT2D eigenvalue weighted by molar-refractivity contribution is 0.0914. The van der Waals surface area contributed by atoms with Crippen LogP contribution >= 0.6 is 0 Å². The zero-order chi connectivity index (χ0) is 12.6. The maximum absolute atomic E-state index is 12.0. The molecule has 88 valence electrons. The Balaban J connectivity index is 2.51. The van der Waals surface area contributed by atoms with Crippen molar-refractivity contribution >= 4 is 11.7 Å². The van der Waals surface area contributed by atoms with Crippen LogP contribution in [0, 0.1) is 13.8 Å². The van der Waals surface area contributed by atoms with Crippen molar-refractivity contribution in [2.75, 3.05) is 0 Å². The van der Waals surface area contributed by atoms with Gasteiger partial charge < -0.3 is 4.42 Å². The highest BCUT2D eigenvalue weighted by molar-refractivity contribution is 5.99. The van der Waals surface area contributed by atoms with E-state index in [0.29, 0.717) is 17.0 Å². The second kappa shape index (κ2) is 4.01. The molecule has 0 atom stereocenters. The van der Waals surface area contributed by atoms with Crippen LogP contribution in [0.1, 0.15) is 39.2 Å². The summed E-state index contributed by atoms with van der Waals surface area (Å²) in [4.78, 5) is 23.4. The molecule has 0 radical (unpaired) electrons. The van der Waals surface area contributed by atoms with Crippen molar-refractivity contribution in [3.8, 4) is 0 Å². The quantitative estimate of drug-likeness (QED) is 0.742. The summed E-state index contributed by atoms with van der Waals surface area (Å²) in [7, 11) is 0. The summed E-state index contributed by atoms with van der Waals surface area (Å²) in [5.41, 5.74) is 1.58. The van der Waals surface area contributed by atoms with Gasteiger partial charge in [0.25, 0.3) is 0 Å². The number of carbonyl (C=O) groups is 2. The molecule has 0 saturated heterocycles. The van der Waals surface area contributed by atoms with Crippen molar-refractivity contribution in [3.05, 3.63) is 41.1 Å². The van der Waals surface area contributed by atoms with Gasteiger partial charge in [0.2, 0.25) is 0 Å². The monoisotopic (exact) mass is 232 g/mol. The van der Waals surface area contributed by atoms with Crippen LogP contribution in [-0.4, -0.2) is 21.5 Å². The lowest BCUT2D eigenvalue weighted by Gasteiger charge is -2.00. The predicted molar refractivity (Wildman–Crippen MR) is 60.1 cm³/mol. The molecule has 0 aromatic carbocycles. The fourth-order valence-electron chi connectivity index (χ4n) is 1.85. The number of Topliss-reactive ketones (excluding diaryl/α,β-unsaturated/α-hetero) is 1. The lowest BCUT2D eigenvalue weighted by Crippen LogP contribution is -2.15. The number of aryl methyl sites for hydroxylation is 1. The Kier molecular flexibility index (Phi) is 2.67. The maximum atomic E-state index is 12.0. The van der Waals surface area contributed by atoms with Gasteiger partial charge in [0.05, 0.1) is 23.2 Å². The van der Waals surface area contributed by atoms with E-state index in [4.69, 9.17) is 4.42 Å². The number of rotatable bonds is 2. The second-order valence-corrected chi connectivity index (χ2v) is 3.80. The highest BCUT2D eigenvalue weighted by atomic mass is 16.3. The summed E-state index contributed by atoms with van der Waals surface area (Å²) in [5, 5.41) is 4.07. The van der Waals surface area contributed by atoms with Crippen LogP contribution in [0.4, 0.5) is 0 Å². The summed E-state index contributed by atoms with van der Waals surface area (Å²) in [5.74, 6) is -0.271. The molecule has 17 heavy (non-hydrogen) atoms. The zero-order valence-electron chi connectivity index (χ0n) is 9.85. The third-order valence-electron chi connectivity index (χ3n) is 2.57. The lowest BCUT2D eigenvalue weighted by atomic mass is 10.1. The van der Waals surface area contributed by atoms with Gasteiger partial charge in [-0.05, 0) is 32.9 Å². The number of hydrogen-bond acceptors (Lipinski definition) is 4. The van der Waals surface area contributed by atoms with Gasteiger partial charge in [-0.2, -0.15) is 9.78 Å². The molecule has 0 unspecified atom stereocenters. The van der Waals surface area contributed by atoms with Crippen LogP contribution in [0.25, 0.3) is 0 Å². The number of nitrogens with zero attached hydrogens (tertiary/aromatic N) is 2. The van der Waals surface area contributed by atoms with Crippen molar-refractivity contribution in [1.82, 2.24) is 9.78 Å². The Bertz CT molecular complexity index is 579. The molecule has 5 nitrogen and oxygen atoms in total. The Labute approximate surface area is 98.0 Å². The fraction of sp³-hybridized carbons (Fsp3) is 0.250. The summed E-state index contributed by atoms with van der Waals surface area (Å²) in [6.45, 7) is 4.85.